The molecule has 7 aromatic rings. The predicted molar refractivity (Wildman–Crippen MR) is 160 cm³/mol. The second-order valence-corrected chi connectivity index (χ2v) is 9.68. The van der Waals surface area contributed by atoms with Crippen LogP contribution in [-0.4, -0.2) is 0 Å². The molecule has 2 nitrogen and oxygen atoms in total. The highest BCUT2D eigenvalue weighted by atomic mass is 16.3. The minimum Gasteiger partial charge on any atom is -0.455 e. The smallest absolute Gasteiger partial charge is 0.143 e. The molecule has 0 bridgehead atoms. The molecular formula is C37H23NO. The fraction of sp³-hybridized carbons (Fsp3) is 0. The number of nitrogens with zero attached hydrogens (tertiary/aromatic N) is 1. The van der Waals surface area contributed by atoms with Gasteiger partial charge in [0.25, 0.3) is 0 Å². The molecule has 1 aromatic heterocycles. The van der Waals surface area contributed by atoms with Crippen LogP contribution in [0.1, 0.15) is 5.56 Å². The zero-order chi connectivity index (χ0) is 26.2. The lowest BCUT2D eigenvalue weighted by Crippen LogP contribution is -1.85. The minimum absolute atomic E-state index is 0.665. The molecule has 39 heavy (non-hydrogen) atoms. The van der Waals surface area contributed by atoms with Crippen molar-refractivity contribution < 1.29 is 4.42 Å². The Kier molecular flexibility index (Phi) is 5.54. The summed E-state index contributed by atoms with van der Waals surface area (Å²) in [5.41, 5.74) is 11.5. The summed E-state index contributed by atoms with van der Waals surface area (Å²) in [6.45, 7) is 0. The Balaban J connectivity index is 1.43. The van der Waals surface area contributed by atoms with E-state index in [-0.39, 0.29) is 0 Å². The van der Waals surface area contributed by atoms with Crippen LogP contribution < -0.4 is 0 Å². The van der Waals surface area contributed by atoms with E-state index in [2.05, 4.69) is 109 Å². The van der Waals surface area contributed by atoms with Gasteiger partial charge in [-0.15, -0.1) is 0 Å². The largest absolute Gasteiger partial charge is 0.455 e. The molecule has 2 heteroatoms. The van der Waals surface area contributed by atoms with Gasteiger partial charge in [-0.1, -0.05) is 109 Å². The average molecular weight is 498 g/mol. The van der Waals surface area contributed by atoms with Gasteiger partial charge in [0.2, 0.25) is 0 Å². The number of hydrogen-bond acceptors (Lipinski definition) is 2. The molecule has 0 spiro atoms. The summed E-state index contributed by atoms with van der Waals surface area (Å²) in [7, 11) is 0. The standard InChI is InChI=1S/C37H23NO/c38-24-25-14-16-27(17-15-25)28-18-20-30(21-19-28)32-12-7-13-35-36(32)34-23-31(26-8-3-1-4-9-26)22-33(37(34)39-35)29-10-5-2-6-11-29/h1-23H. The van der Waals surface area contributed by atoms with E-state index in [1.807, 2.05) is 36.4 Å². The first-order chi connectivity index (χ1) is 19.3. The van der Waals surface area contributed by atoms with Crippen molar-refractivity contribution in [2.24, 2.45) is 0 Å². The normalized spacial score (nSPS) is 11.1. The number of rotatable bonds is 4. The molecule has 0 amide bonds. The van der Waals surface area contributed by atoms with Gasteiger partial charge in [0.15, 0.2) is 0 Å². The number of furan rings is 1. The maximum Gasteiger partial charge on any atom is 0.143 e. The highest BCUT2D eigenvalue weighted by molar-refractivity contribution is 6.16. The number of hydrogen-bond donors (Lipinski definition) is 0. The van der Waals surface area contributed by atoms with Crippen LogP contribution in [0.25, 0.3) is 66.4 Å². The molecule has 0 N–H and O–H groups in total. The van der Waals surface area contributed by atoms with Crippen molar-refractivity contribution in [3.8, 4) is 50.6 Å². The third kappa shape index (κ3) is 4.07. The Morgan fingerprint density at radius 3 is 1.69 bits per heavy atom. The van der Waals surface area contributed by atoms with Gasteiger partial charge in [-0.25, -0.2) is 0 Å². The molecule has 0 unspecified atom stereocenters. The van der Waals surface area contributed by atoms with E-state index in [1.165, 1.54) is 5.56 Å². The average Bonchev–Trinajstić information content (AvgIpc) is 3.40. The van der Waals surface area contributed by atoms with E-state index in [4.69, 9.17) is 9.68 Å². The van der Waals surface area contributed by atoms with Crippen molar-refractivity contribution in [2.45, 2.75) is 0 Å². The van der Waals surface area contributed by atoms with Crippen molar-refractivity contribution in [3.05, 3.63) is 145 Å². The SMILES string of the molecule is N#Cc1ccc(-c2ccc(-c3cccc4oc5c(-c6ccccc6)cc(-c6ccccc6)cc5c34)cc2)cc1. The Bertz CT molecular complexity index is 1980. The summed E-state index contributed by atoms with van der Waals surface area (Å²) >= 11 is 0. The quantitative estimate of drug-likeness (QED) is 0.243. The summed E-state index contributed by atoms with van der Waals surface area (Å²) in [6.07, 6.45) is 0. The molecule has 182 valence electrons. The maximum absolute atomic E-state index is 9.11. The van der Waals surface area contributed by atoms with Crippen LogP contribution in [-0.2, 0) is 0 Å². The zero-order valence-electron chi connectivity index (χ0n) is 21.1. The lowest BCUT2D eigenvalue weighted by Gasteiger charge is -2.09. The van der Waals surface area contributed by atoms with Gasteiger partial charge in [-0.3, -0.25) is 0 Å². The van der Waals surface area contributed by atoms with Crippen LogP contribution in [0, 0.1) is 11.3 Å². The molecule has 0 aliphatic rings. The third-order valence-corrected chi connectivity index (χ3v) is 7.33. The molecule has 1 heterocycles. The summed E-state index contributed by atoms with van der Waals surface area (Å²) in [5, 5.41) is 11.3. The first-order valence-corrected chi connectivity index (χ1v) is 13.0. The monoisotopic (exact) mass is 497 g/mol. The Morgan fingerprint density at radius 1 is 0.462 bits per heavy atom. The van der Waals surface area contributed by atoms with Crippen LogP contribution in [0.4, 0.5) is 0 Å². The molecule has 0 radical (unpaired) electrons. The first kappa shape index (κ1) is 22.8. The van der Waals surface area contributed by atoms with E-state index in [1.54, 1.807) is 0 Å². The third-order valence-electron chi connectivity index (χ3n) is 7.33. The van der Waals surface area contributed by atoms with E-state index in [0.29, 0.717) is 5.56 Å². The Hall–Kier alpha value is -5.39. The molecule has 7 rings (SSSR count). The van der Waals surface area contributed by atoms with Crippen LogP contribution in [0.5, 0.6) is 0 Å². The number of fused-ring (bicyclic) bond motifs is 3. The molecule has 0 saturated heterocycles. The Morgan fingerprint density at radius 2 is 1.03 bits per heavy atom. The van der Waals surface area contributed by atoms with E-state index in [9.17, 15) is 0 Å². The van der Waals surface area contributed by atoms with Crippen LogP contribution >= 0.6 is 0 Å². The molecule has 6 aromatic carbocycles. The van der Waals surface area contributed by atoms with Gasteiger partial charge < -0.3 is 4.42 Å². The number of benzene rings is 6. The van der Waals surface area contributed by atoms with Crippen molar-refractivity contribution in [1.82, 2.24) is 0 Å². The first-order valence-electron chi connectivity index (χ1n) is 13.0. The van der Waals surface area contributed by atoms with Gasteiger partial charge in [0.1, 0.15) is 11.2 Å². The molecule has 0 aliphatic heterocycles. The topological polar surface area (TPSA) is 36.9 Å². The molecule has 0 fully saturated rings. The summed E-state index contributed by atoms with van der Waals surface area (Å²) in [5.74, 6) is 0. The van der Waals surface area contributed by atoms with Crippen LogP contribution in [0.15, 0.2) is 144 Å². The second kappa shape index (κ2) is 9.49. The van der Waals surface area contributed by atoms with Crippen molar-refractivity contribution in [3.63, 3.8) is 0 Å². The predicted octanol–water partition coefficient (Wildman–Crippen LogP) is 10.1. The van der Waals surface area contributed by atoms with Crippen LogP contribution in [0.3, 0.4) is 0 Å². The van der Waals surface area contributed by atoms with E-state index >= 15 is 0 Å². The van der Waals surface area contributed by atoms with Gasteiger partial charge in [0, 0.05) is 16.3 Å². The van der Waals surface area contributed by atoms with Crippen molar-refractivity contribution in [1.29, 1.82) is 5.26 Å². The molecule has 0 atom stereocenters. The summed E-state index contributed by atoms with van der Waals surface area (Å²) in [4.78, 5) is 0. The Labute approximate surface area is 227 Å². The van der Waals surface area contributed by atoms with Gasteiger partial charge in [-0.05, 0) is 69.3 Å². The number of nitriles is 1. The molecule has 0 aliphatic carbocycles. The molecular weight excluding hydrogens is 474 g/mol. The van der Waals surface area contributed by atoms with E-state index in [0.717, 1.165) is 60.9 Å². The van der Waals surface area contributed by atoms with E-state index < -0.39 is 0 Å². The van der Waals surface area contributed by atoms with Gasteiger partial charge in [-0.2, -0.15) is 5.26 Å². The fourth-order valence-electron chi connectivity index (χ4n) is 5.38. The lowest BCUT2D eigenvalue weighted by molar-refractivity contribution is 0.670. The summed E-state index contributed by atoms with van der Waals surface area (Å²) < 4.78 is 6.58. The van der Waals surface area contributed by atoms with Crippen molar-refractivity contribution in [2.75, 3.05) is 0 Å². The minimum atomic E-state index is 0.665. The van der Waals surface area contributed by atoms with Gasteiger partial charge >= 0.3 is 0 Å². The van der Waals surface area contributed by atoms with Crippen LogP contribution in [0.2, 0.25) is 0 Å². The zero-order valence-corrected chi connectivity index (χ0v) is 21.1. The summed E-state index contributed by atoms with van der Waals surface area (Å²) in [6, 6.07) is 50.3. The maximum atomic E-state index is 9.11. The molecule has 0 saturated carbocycles. The second-order valence-electron chi connectivity index (χ2n) is 9.68. The lowest BCUT2D eigenvalue weighted by atomic mass is 9.93. The fourth-order valence-corrected chi connectivity index (χ4v) is 5.38. The highest BCUT2D eigenvalue weighted by Gasteiger charge is 2.18. The highest BCUT2D eigenvalue weighted by Crippen LogP contribution is 2.43. The van der Waals surface area contributed by atoms with Gasteiger partial charge in [0.05, 0.1) is 11.6 Å². The van der Waals surface area contributed by atoms with Crippen molar-refractivity contribution >= 4 is 21.9 Å².